The maximum Gasteiger partial charge on any atom is 0.231 e. The highest BCUT2D eigenvalue weighted by Gasteiger charge is 2.12. The Balaban J connectivity index is 1.49. The minimum absolute atomic E-state index is 0.112. The van der Waals surface area contributed by atoms with Crippen LogP contribution in [0.25, 0.3) is 22.4 Å². The number of furan rings is 1. The molecular weight excluding hydrogens is 364 g/mol. The van der Waals surface area contributed by atoms with Crippen LogP contribution < -0.4 is 5.32 Å². The highest BCUT2D eigenvalue weighted by atomic mass is 35.5. The second kappa shape index (κ2) is 6.39. The van der Waals surface area contributed by atoms with Crippen molar-refractivity contribution in [1.82, 2.24) is 4.98 Å². The first-order chi connectivity index (χ1) is 11.7. The molecular formula is C17H11ClN2O2S2. The molecule has 0 bridgehead atoms. The third kappa shape index (κ3) is 3.21. The molecule has 0 radical (unpaired) electrons. The van der Waals surface area contributed by atoms with Gasteiger partial charge in [-0.1, -0.05) is 29.8 Å². The highest BCUT2D eigenvalue weighted by molar-refractivity contribution is 7.16. The summed E-state index contributed by atoms with van der Waals surface area (Å²) in [6.45, 7) is 0. The summed E-state index contributed by atoms with van der Waals surface area (Å²) in [5.74, 6) is 0.581. The number of nitrogens with one attached hydrogen (secondary N) is 1. The maximum absolute atomic E-state index is 12.1. The van der Waals surface area contributed by atoms with Gasteiger partial charge in [0.15, 0.2) is 10.9 Å². The van der Waals surface area contributed by atoms with E-state index in [4.69, 9.17) is 16.0 Å². The normalized spacial score (nSPS) is 11.0. The number of thiophene rings is 1. The number of fused-ring (bicyclic) bond motifs is 1. The van der Waals surface area contributed by atoms with Gasteiger partial charge in [-0.15, -0.1) is 22.7 Å². The van der Waals surface area contributed by atoms with Crippen LogP contribution in [0, 0.1) is 0 Å². The average Bonchev–Trinajstić information content (AvgIpc) is 3.26. The minimum atomic E-state index is -0.112. The fraction of sp³-hybridized carbons (Fsp3) is 0.0588. The predicted molar refractivity (Wildman–Crippen MR) is 99.0 cm³/mol. The van der Waals surface area contributed by atoms with E-state index in [9.17, 15) is 4.79 Å². The number of benzene rings is 1. The Morgan fingerprint density at radius 3 is 2.92 bits per heavy atom. The molecule has 0 spiro atoms. The van der Waals surface area contributed by atoms with Crippen molar-refractivity contribution in [2.75, 3.05) is 5.32 Å². The second-order valence-electron chi connectivity index (χ2n) is 5.12. The van der Waals surface area contributed by atoms with Gasteiger partial charge in [0, 0.05) is 15.6 Å². The van der Waals surface area contributed by atoms with Gasteiger partial charge in [-0.3, -0.25) is 4.79 Å². The van der Waals surface area contributed by atoms with Gasteiger partial charge in [0.1, 0.15) is 11.3 Å². The summed E-state index contributed by atoms with van der Waals surface area (Å²) in [7, 11) is 0. The van der Waals surface area contributed by atoms with Gasteiger partial charge >= 0.3 is 0 Å². The summed E-state index contributed by atoms with van der Waals surface area (Å²) in [6, 6.07) is 13.4. The lowest BCUT2D eigenvalue weighted by molar-refractivity contribution is -0.115. The molecule has 0 unspecified atom stereocenters. The minimum Gasteiger partial charge on any atom is -0.454 e. The molecule has 120 valence electrons. The Kier molecular flexibility index (Phi) is 4.10. The Morgan fingerprint density at radius 1 is 1.25 bits per heavy atom. The molecule has 1 N–H and O–H groups in total. The third-order valence-electron chi connectivity index (χ3n) is 3.39. The zero-order valence-electron chi connectivity index (χ0n) is 12.3. The van der Waals surface area contributed by atoms with E-state index >= 15 is 0 Å². The van der Waals surface area contributed by atoms with Crippen molar-refractivity contribution in [3.8, 4) is 11.5 Å². The SMILES string of the molecule is O=C(Cc1ccc(Cl)s1)Nc1nc(-c2cc3ccccc3o2)cs1. The molecule has 0 saturated heterocycles. The number of carbonyl (C=O) groups excluding carboxylic acids is 1. The van der Waals surface area contributed by atoms with E-state index in [0.29, 0.717) is 20.9 Å². The van der Waals surface area contributed by atoms with Crippen LogP contribution in [0.3, 0.4) is 0 Å². The molecule has 0 fully saturated rings. The van der Waals surface area contributed by atoms with E-state index in [1.165, 1.54) is 22.7 Å². The fourth-order valence-electron chi connectivity index (χ4n) is 2.32. The summed E-state index contributed by atoms with van der Waals surface area (Å²) in [4.78, 5) is 17.4. The zero-order chi connectivity index (χ0) is 16.5. The topological polar surface area (TPSA) is 55.1 Å². The number of rotatable bonds is 4. The molecule has 0 aliphatic carbocycles. The zero-order valence-corrected chi connectivity index (χ0v) is 14.7. The van der Waals surface area contributed by atoms with Gasteiger partial charge in [0.05, 0.1) is 10.8 Å². The van der Waals surface area contributed by atoms with E-state index < -0.39 is 0 Å². The molecule has 3 heterocycles. The van der Waals surface area contributed by atoms with Crippen LogP contribution in [0.4, 0.5) is 5.13 Å². The van der Waals surface area contributed by atoms with Gasteiger partial charge in [-0.25, -0.2) is 4.98 Å². The summed E-state index contributed by atoms with van der Waals surface area (Å²) in [6.07, 6.45) is 0.289. The molecule has 0 atom stereocenters. The van der Waals surface area contributed by atoms with E-state index in [1.807, 2.05) is 41.8 Å². The Labute approximate surface area is 150 Å². The van der Waals surface area contributed by atoms with Gasteiger partial charge in [-0.2, -0.15) is 0 Å². The van der Waals surface area contributed by atoms with Crippen LogP contribution in [-0.4, -0.2) is 10.9 Å². The fourth-order valence-corrected chi connectivity index (χ4v) is 4.12. The Hall–Kier alpha value is -2.15. The van der Waals surface area contributed by atoms with Crippen molar-refractivity contribution in [3.63, 3.8) is 0 Å². The quantitative estimate of drug-likeness (QED) is 0.516. The molecule has 0 aliphatic rings. The summed E-state index contributed by atoms with van der Waals surface area (Å²) < 4.78 is 6.47. The first-order valence-corrected chi connectivity index (χ1v) is 9.23. The lowest BCUT2D eigenvalue weighted by Crippen LogP contribution is -2.13. The van der Waals surface area contributed by atoms with Crippen molar-refractivity contribution in [2.24, 2.45) is 0 Å². The Morgan fingerprint density at radius 2 is 2.12 bits per heavy atom. The molecule has 1 aromatic carbocycles. The van der Waals surface area contributed by atoms with E-state index in [2.05, 4.69) is 10.3 Å². The Bertz CT molecular complexity index is 985. The first kappa shape index (κ1) is 15.4. The van der Waals surface area contributed by atoms with Crippen molar-refractivity contribution in [3.05, 3.63) is 57.1 Å². The number of para-hydroxylation sites is 1. The number of anilines is 1. The van der Waals surface area contributed by atoms with Crippen LogP contribution in [0.1, 0.15) is 4.88 Å². The predicted octanol–water partition coefficient (Wildman–Crippen LogP) is 5.45. The monoisotopic (exact) mass is 374 g/mol. The third-order valence-corrected chi connectivity index (χ3v) is 5.38. The van der Waals surface area contributed by atoms with Crippen LogP contribution >= 0.6 is 34.3 Å². The second-order valence-corrected chi connectivity index (χ2v) is 7.77. The standard InChI is InChI=1S/C17H11ClN2O2S2/c18-15-6-5-11(24-15)8-16(21)20-17-19-12(9-23-17)14-7-10-3-1-2-4-13(10)22-14/h1-7,9H,8H2,(H,19,20,21). The molecule has 0 aliphatic heterocycles. The van der Waals surface area contributed by atoms with Crippen molar-refractivity contribution >= 4 is 56.3 Å². The molecule has 4 rings (SSSR count). The molecule has 0 saturated carbocycles. The van der Waals surface area contributed by atoms with Gasteiger partial charge in [0.2, 0.25) is 5.91 Å². The van der Waals surface area contributed by atoms with Gasteiger partial charge in [-0.05, 0) is 24.3 Å². The highest BCUT2D eigenvalue weighted by Crippen LogP contribution is 2.30. The number of hydrogen-bond acceptors (Lipinski definition) is 5. The lowest BCUT2D eigenvalue weighted by Gasteiger charge is -1.99. The summed E-state index contributed by atoms with van der Waals surface area (Å²) in [5, 5.41) is 6.27. The number of thiazole rings is 1. The number of amides is 1. The number of aromatic nitrogens is 1. The number of hydrogen-bond donors (Lipinski definition) is 1. The van der Waals surface area contributed by atoms with Crippen LogP contribution in [0.15, 0.2) is 52.3 Å². The van der Waals surface area contributed by atoms with Crippen molar-refractivity contribution in [1.29, 1.82) is 0 Å². The maximum atomic E-state index is 12.1. The molecule has 7 heteroatoms. The molecule has 1 amide bonds. The van der Waals surface area contributed by atoms with Gasteiger partial charge in [0.25, 0.3) is 0 Å². The van der Waals surface area contributed by atoms with E-state index in [0.717, 1.165) is 15.8 Å². The summed E-state index contributed by atoms with van der Waals surface area (Å²) >= 11 is 8.65. The van der Waals surface area contributed by atoms with Gasteiger partial charge < -0.3 is 9.73 Å². The van der Waals surface area contributed by atoms with Crippen molar-refractivity contribution in [2.45, 2.75) is 6.42 Å². The van der Waals surface area contributed by atoms with E-state index in [-0.39, 0.29) is 12.3 Å². The molecule has 4 aromatic rings. The molecule has 4 nitrogen and oxygen atoms in total. The van der Waals surface area contributed by atoms with Crippen LogP contribution in [0.5, 0.6) is 0 Å². The number of carbonyl (C=O) groups is 1. The van der Waals surface area contributed by atoms with Crippen molar-refractivity contribution < 1.29 is 9.21 Å². The molecule has 3 aromatic heterocycles. The van der Waals surface area contributed by atoms with Crippen LogP contribution in [-0.2, 0) is 11.2 Å². The van der Waals surface area contributed by atoms with Crippen LogP contribution in [0.2, 0.25) is 4.34 Å². The lowest BCUT2D eigenvalue weighted by atomic mass is 10.2. The largest absolute Gasteiger partial charge is 0.454 e. The number of halogens is 1. The smallest absolute Gasteiger partial charge is 0.231 e. The average molecular weight is 375 g/mol. The first-order valence-electron chi connectivity index (χ1n) is 7.16. The van der Waals surface area contributed by atoms with E-state index in [1.54, 1.807) is 6.07 Å². The number of nitrogens with zero attached hydrogens (tertiary/aromatic N) is 1. The summed E-state index contributed by atoms with van der Waals surface area (Å²) in [5.41, 5.74) is 1.53. The molecule has 24 heavy (non-hydrogen) atoms.